The molecule has 0 radical (unpaired) electrons. The van der Waals surface area contributed by atoms with E-state index < -0.39 is 29.9 Å². The molecule has 2 aliphatic heterocycles. The van der Waals surface area contributed by atoms with Crippen LogP contribution in [0.2, 0.25) is 0 Å². The number of aryl methyl sites for hydroxylation is 1. The summed E-state index contributed by atoms with van der Waals surface area (Å²) < 4.78 is 7.00. The van der Waals surface area contributed by atoms with Gasteiger partial charge in [0.1, 0.15) is 12.6 Å². The highest BCUT2D eigenvalue weighted by atomic mass is 16.7. The summed E-state index contributed by atoms with van der Waals surface area (Å²) in [5, 5.41) is 4.52. The number of rotatable bonds is 4. The number of carbonyl (C=O) groups excluding carboxylic acids is 4. The summed E-state index contributed by atoms with van der Waals surface area (Å²) in [6.07, 6.45) is 0.307. The molecule has 0 N–H and O–H groups in total. The molecule has 3 heterocycles. The molecule has 0 saturated carbocycles. The van der Waals surface area contributed by atoms with Crippen molar-refractivity contribution in [2.45, 2.75) is 19.1 Å². The minimum atomic E-state index is -1.23. The highest BCUT2D eigenvalue weighted by molar-refractivity contribution is 6.20. The van der Waals surface area contributed by atoms with Crippen LogP contribution in [-0.4, -0.2) is 62.7 Å². The number of likely N-dealkylation sites (N-methyl/N-ethyl adjacent to an activating group) is 1. The maximum Gasteiger partial charge on any atom is 0.364 e. The van der Waals surface area contributed by atoms with Crippen molar-refractivity contribution in [1.82, 2.24) is 19.7 Å². The first-order valence-electron chi connectivity index (χ1n) is 9.02. The van der Waals surface area contributed by atoms with Crippen LogP contribution in [0.15, 0.2) is 36.5 Å². The van der Waals surface area contributed by atoms with E-state index in [0.29, 0.717) is 17.3 Å². The number of hydroxylamine groups is 2. The molecule has 150 valence electrons. The fourth-order valence-corrected chi connectivity index (χ4v) is 3.60. The van der Waals surface area contributed by atoms with Crippen LogP contribution in [0.1, 0.15) is 39.4 Å². The van der Waals surface area contributed by atoms with Gasteiger partial charge in [-0.3, -0.25) is 19.1 Å². The molecule has 29 heavy (non-hydrogen) atoms. The van der Waals surface area contributed by atoms with Crippen LogP contribution < -0.4 is 0 Å². The Labute approximate surface area is 165 Å². The van der Waals surface area contributed by atoms with Gasteiger partial charge in [-0.05, 0) is 25.1 Å². The van der Waals surface area contributed by atoms with Gasteiger partial charge >= 0.3 is 5.97 Å². The fourth-order valence-electron chi connectivity index (χ4n) is 3.60. The van der Waals surface area contributed by atoms with Crippen molar-refractivity contribution in [2.24, 2.45) is 7.05 Å². The summed E-state index contributed by atoms with van der Waals surface area (Å²) in [6.45, 7) is 1.79. The van der Waals surface area contributed by atoms with Crippen molar-refractivity contribution in [3.8, 4) is 0 Å². The van der Waals surface area contributed by atoms with Crippen LogP contribution in [0.3, 0.4) is 0 Å². The van der Waals surface area contributed by atoms with Crippen LogP contribution in [-0.2, 0) is 26.2 Å². The number of morpholine rings is 1. The number of amides is 3. The average Bonchev–Trinajstić information content (AvgIpc) is 3.24. The molecule has 1 aromatic carbocycles. The van der Waals surface area contributed by atoms with Crippen LogP contribution in [0, 0.1) is 0 Å². The number of hydrogen-bond donors (Lipinski definition) is 0. The smallest absolute Gasteiger partial charge is 0.354 e. The maximum atomic E-state index is 12.9. The van der Waals surface area contributed by atoms with E-state index in [1.165, 1.54) is 27.9 Å². The second kappa shape index (κ2) is 7.13. The Kier molecular flexibility index (Phi) is 4.63. The van der Waals surface area contributed by atoms with Gasteiger partial charge in [-0.15, -0.1) is 0 Å². The van der Waals surface area contributed by atoms with E-state index in [-0.39, 0.29) is 23.6 Å². The minimum absolute atomic E-state index is 0.156. The summed E-state index contributed by atoms with van der Waals surface area (Å²) in [7, 11) is 1.68. The van der Waals surface area contributed by atoms with Gasteiger partial charge in [0, 0.05) is 19.8 Å². The Hall–Kier alpha value is -3.53. The van der Waals surface area contributed by atoms with Crippen molar-refractivity contribution < 1.29 is 28.8 Å². The van der Waals surface area contributed by atoms with Gasteiger partial charge in [-0.25, -0.2) is 4.79 Å². The molecule has 1 fully saturated rings. The van der Waals surface area contributed by atoms with Crippen molar-refractivity contribution >= 4 is 23.7 Å². The number of aromatic nitrogens is 2. The number of ether oxygens (including phenoxy) is 1. The van der Waals surface area contributed by atoms with Gasteiger partial charge in [-0.1, -0.05) is 17.2 Å². The number of imide groups is 1. The molecule has 0 unspecified atom stereocenters. The largest absolute Gasteiger partial charge is 0.364 e. The number of hydrogen-bond acceptors (Lipinski definition) is 7. The lowest BCUT2D eigenvalue weighted by atomic mass is 10.0. The highest BCUT2D eigenvalue weighted by Gasteiger charge is 2.46. The van der Waals surface area contributed by atoms with Crippen LogP contribution >= 0.6 is 0 Å². The zero-order valence-corrected chi connectivity index (χ0v) is 15.8. The lowest BCUT2D eigenvalue weighted by Crippen LogP contribution is -2.53. The van der Waals surface area contributed by atoms with Crippen LogP contribution in [0.5, 0.6) is 0 Å². The van der Waals surface area contributed by atoms with Crippen molar-refractivity contribution in [2.75, 3.05) is 13.2 Å². The van der Waals surface area contributed by atoms with E-state index in [2.05, 4.69) is 5.10 Å². The molecule has 0 bridgehead atoms. The molecule has 10 heteroatoms. The number of benzene rings is 1. The fraction of sp³-hybridized carbons (Fsp3) is 0.316. The molecule has 4 rings (SSSR count). The summed E-state index contributed by atoms with van der Waals surface area (Å²) in [5.41, 5.74) is 0.871. The molecule has 1 saturated heterocycles. The molecule has 2 aliphatic rings. The number of nitrogens with zero attached hydrogens (tertiary/aromatic N) is 4. The van der Waals surface area contributed by atoms with E-state index in [9.17, 15) is 19.2 Å². The van der Waals surface area contributed by atoms with Crippen molar-refractivity contribution in [3.63, 3.8) is 0 Å². The third kappa shape index (κ3) is 2.97. The second-order valence-electron chi connectivity index (χ2n) is 6.60. The molecule has 2 atom stereocenters. The topological polar surface area (TPSA) is 111 Å². The Morgan fingerprint density at radius 1 is 1.17 bits per heavy atom. The SMILES string of the molecule is CCN1C(=O)CO[C@H](C(=O)ON2C(=O)c3ccccc3C2=O)[C@H]1c1ccnn1C. The average molecular weight is 398 g/mol. The highest BCUT2D eigenvalue weighted by Crippen LogP contribution is 2.31. The van der Waals surface area contributed by atoms with E-state index in [0.717, 1.165) is 0 Å². The Morgan fingerprint density at radius 2 is 1.83 bits per heavy atom. The zero-order chi connectivity index (χ0) is 20.7. The van der Waals surface area contributed by atoms with Crippen LogP contribution in [0.25, 0.3) is 0 Å². The molecular weight excluding hydrogens is 380 g/mol. The molecule has 0 aliphatic carbocycles. The Bertz CT molecular complexity index is 981. The Balaban J connectivity index is 1.62. The van der Waals surface area contributed by atoms with Crippen molar-refractivity contribution in [3.05, 3.63) is 53.3 Å². The molecule has 1 aromatic heterocycles. The first-order chi connectivity index (χ1) is 13.9. The number of carbonyl (C=O) groups is 4. The third-order valence-corrected chi connectivity index (χ3v) is 5.00. The molecule has 2 aromatic rings. The quantitative estimate of drug-likeness (QED) is 0.688. The second-order valence-corrected chi connectivity index (χ2v) is 6.60. The summed E-state index contributed by atoms with van der Waals surface area (Å²) in [5.74, 6) is -2.69. The van der Waals surface area contributed by atoms with E-state index in [1.807, 2.05) is 0 Å². The lowest BCUT2D eigenvalue weighted by Gasteiger charge is -2.39. The molecule has 0 spiro atoms. The first-order valence-corrected chi connectivity index (χ1v) is 9.02. The molecule has 3 amide bonds. The predicted octanol–water partition coefficient (Wildman–Crippen LogP) is 0.463. The summed E-state index contributed by atoms with van der Waals surface area (Å²) >= 11 is 0. The van der Waals surface area contributed by atoms with E-state index in [1.54, 1.807) is 32.2 Å². The summed E-state index contributed by atoms with van der Waals surface area (Å²) in [6, 6.07) is 7.05. The maximum absolute atomic E-state index is 12.9. The van der Waals surface area contributed by atoms with Gasteiger partial charge in [0.25, 0.3) is 11.8 Å². The van der Waals surface area contributed by atoms with Gasteiger partial charge in [0.2, 0.25) is 5.91 Å². The monoisotopic (exact) mass is 398 g/mol. The predicted molar refractivity (Wildman–Crippen MR) is 96.1 cm³/mol. The zero-order valence-electron chi connectivity index (χ0n) is 15.8. The van der Waals surface area contributed by atoms with Gasteiger partial charge in [0.15, 0.2) is 6.10 Å². The Morgan fingerprint density at radius 3 is 2.38 bits per heavy atom. The van der Waals surface area contributed by atoms with Gasteiger partial charge in [-0.2, -0.15) is 5.10 Å². The standard InChI is InChI=1S/C19H18N4O6/c1-3-22-14(24)10-28-16(15(22)13-8-9-20-21(13)2)19(27)29-23-17(25)11-6-4-5-7-12(11)18(23)26/h4-9,15-16H,3,10H2,1-2H3/t15-,16+/m1/s1. The first kappa shape index (κ1) is 18.8. The van der Waals surface area contributed by atoms with Gasteiger partial charge < -0.3 is 14.5 Å². The van der Waals surface area contributed by atoms with Crippen molar-refractivity contribution in [1.29, 1.82) is 0 Å². The van der Waals surface area contributed by atoms with E-state index >= 15 is 0 Å². The van der Waals surface area contributed by atoms with Gasteiger partial charge in [0.05, 0.1) is 16.8 Å². The summed E-state index contributed by atoms with van der Waals surface area (Å²) in [4.78, 5) is 56.8. The molecular formula is C19H18N4O6. The van der Waals surface area contributed by atoms with E-state index in [4.69, 9.17) is 9.57 Å². The normalized spacial score (nSPS) is 21.5. The minimum Gasteiger partial charge on any atom is -0.354 e. The van der Waals surface area contributed by atoms with Crippen LogP contribution in [0.4, 0.5) is 0 Å². The lowest BCUT2D eigenvalue weighted by molar-refractivity contribution is -0.195. The number of fused-ring (bicyclic) bond motifs is 1. The molecule has 10 nitrogen and oxygen atoms in total. The third-order valence-electron chi connectivity index (χ3n) is 5.00.